The van der Waals surface area contributed by atoms with Gasteiger partial charge in [-0.25, -0.2) is 5.01 Å². The van der Waals surface area contributed by atoms with E-state index in [1.54, 1.807) is 78.9 Å². The number of hydrogen-bond donors (Lipinski definition) is 2. The van der Waals surface area contributed by atoms with Gasteiger partial charge in [0, 0.05) is 16.3 Å². The van der Waals surface area contributed by atoms with Gasteiger partial charge in [0.25, 0.3) is 11.8 Å². The quantitative estimate of drug-likeness (QED) is 0.382. The van der Waals surface area contributed by atoms with E-state index in [1.807, 2.05) is 6.92 Å². The molecule has 3 amide bonds. The predicted molar refractivity (Wildman–Crippen MR) is 147 cm³/mol. The number of carbonyl (C=O) groups is 3. The normalized spacial score (nSPS) is 15.0. The Bertz CT molecular complexity index is 1290. The van der Waals surface area contributed by atoms with Gasteiger partial charge < -0.3 is 10.1 Å². The summed E-state index contributed by atoms with van der Waals surface area (Å²) in [5.41, 5.74) is 4.11. The van der Waals surface area contributed by atoms with E-state index in [1.165, 1.54) is 9.91 Å². The molecule has 1 saturated heterocycles. The van der Waals surface area contributed by atoms with E-state index in [0.29, 0.717) is 34.3 Å². The Morgan fingerprint density at radius 3 is 2.32 bits per heavy atom. The topological polar surface area (TPSA) is 91.0 Å². The van der Waals surface area contributed by atoms with Gasteiger partial charge in [-0.2, -0.15) is 0 Å². The van der Waals surface area contributed by atoms with E-state index in [4.69, 9.17) is 28.6 Å². The van der Waals surface area contributed by atoms with Crippen molar-refractivity contribution in [2.45, 2.75) is 25.8 Å². The molecule has 2 N–H and O–H groups in total. The average Bonchev–Trinajstić information content (AvgIpc) is 3.13. The SMILES string of the molecule is CCCOc1ccc(NC(=O)CC2C(=O)N(c3ccc(Cl)cc3)C(=S)N2NC(=O)c2ccccc2)cc1. The fraction of sp³-hybridized carbons (Fsp3) is 0.185. The van der Waals surface area contributed by atoms with E-state index < -0.39 is 23.8 Å². The first kappa shape index (κ1) is 26.1. The average molecular weight is 537 g/mol. The molecule has 0 saturated carbocycles. The van der Waals surface area contributed by atoms with Crippen molar-refractivity contribution in [3.05, 3.63) is 89.4 Å². The number of amides is 3. The highest BCUT2D eigenvalue weighted by molar-refractivity contribution is 7.80. The Kier molecular flexibility index (Phi) is 8.37. The zero-order valence-corrected chi connectivity index (χ0v) is 21.6. The summed E-state index contributed by atoms with van der Waals surface area (Å²) in [6.07, 6.45) is 0.645. The molecule has 8 nitrogen and oxygen atoms in total. The maximum Gasteiger partial charge on any atom is 0.269 e. The third-order valence-electron chi connectivity index (χ3n) is 5.55. The van der Waals surface area contributed by atoms with Crippen LogP contribution in [0.1, 0.15) is 30.1 Å². The van der Waals surface area contributed by atoms with Gasteiger partial charge in [-0.05, 0) is 79.3 Å². The molecular weight excluding hydrogens is 512 g/mol. The van der Waals surface area contributed by atoms with Gasteiger partial charge in [-0.3, -0.25) is 24.7 Å². The monoisotopic (exact) mass is 536 g/mol. The molecule has 3 aromatic rings. The van der Waals surface area contributed by atoms with Crippen LogP contribution in [0.25, 0.3) is 0 Å². The number of hydrogen-bond acceptors (Lipinski definition) is 5. The maximum absolute atomic E-state index is 13.5. The molecule has 1 aliphatic heterocycles. The zero-order valence-electron chi connectivity index (χ0n) is 20.0. The van der Waals surface area contributed by atoms with Crippen LogP contribution in [0.3, 0.4) is 0 Å². The minimum absolute atomic E-state index is 0.0480. The van der Waals surface area contributed by atoms with Crippen LogP contribution in [0.4, 0.5) is 11.4 Å². The van der Waals surface area contributed by atoms with Crippen LogP contribution in [-0.4, -0.2) is 40.5 Å². The smallest absolute Gasteiger partial charge is 0.269 e. The molecule has 1 unspecified atom stereocenters. The van der Waals surface area contributed by atoms with Gasteiger partial charge in [0.05, 0.1) is 18.7 Å². The van der Waals surface area contributed by atoms with Crippen LogP contribution in [0, 0.1) is 0 Å². The number of carbonyl (C=O) groups excluding carboxylic acids is 3. The van der Waals surface area contributed by atoms with Crippen molar-refractivity contribution < 1.29 is 19.1 Å². The van der Waals surface area contributed by atoms with Gasteiger partial charge in [-0.15, -0.1) is 0 Å². The largest absolute Gasteiger partial charge is 0.494 e. The van der Waals surface area contributed by atoms with Crippen molar-refractivity contribution in [2.75, 3.05) is 16.8 Å². The van der Waals surface area contributed by atoms with Crippen LogP contribution in [0.5, 0.6) is 5.75 Å². The summed E-state index contributed by atoms with van der Waals surface area (Å²) in [5.74, 6) is -0.620. The lowest BCUT2D eigenvalue weighted by Gasteiger charge is -2.24. The molecule has 1 aliphatic rings. The second-order valence-electron chi connectivity index (χ2n) is 8.25. The van der Waals surface area contributed by atoms with Crippen molar-refractivity contribution in [3.8, 4) is 5.75 Å². The van der Waals surface area contributed by atoms with Gasteiger partial charge in [-0.1, -0.05) is 36.7 Å². The number of ether oxygens (including phenoxy) is 1. The first-order valence-electron chi connectivity index (χ1n) is 11.7. The second-order valence-corrected chi connectivity index (χ2v) is 9.05. The fourth-order valence-corrected chi connectivity index (χ4v) is 4.23. The number of halogens is 1. The number of benzene rings is 3. The van der Waals surface area contributed by atoms with E-state index in [-0.39, 0.29) is 11.5 Å². The minimum atomic E-state index is -1.05. The molecule has 3 aromatic carbocycles. The minimum Gasteiger partial charge on any atom is -0.494 e. The zero-order chi connectivity index (χ0) is 26.4. The number of anilines is 2. The van der Waals surface area contributed by atoms with Gasteiger partial charge in [0.15, 0.2) is 0 Å². The van der Waals surface area contributed by atoms with Crippen LogP contribution >= 0.6 is 23.8 Å². The summed E-state index contributed by atoms with van der Waals surface area (Å²) in [5, 5.41) is 4.60. The molecule has 0 radical (unpaired) electrons. The molecule has 1 atom stereocenters. The lowest BCUT2D eigenvalue weighted by Crippen LogP contribution is -2.49. The summed E-state index contributed by atoms with van der Waals surface area (Å²) >= 11 is 11.6. The summed E-state index contributed by atoms with van der Waals surface area (Å²) in [4.78, 5) is 40.6. The Morgan fingerprint density at radius 1 is 1.00 bits per heavy atom. The number of thiocarbonyl (C=S) groups is 1. The molecule has 190 valence electrons. The van der Waals surface area contributed by atoms with Crippen molar-refractivity contribution >= 4 is 58.0 Å². The first-order valence-corrected chi connectivity index (χ1v) is 12.5. The second kappa shape index (κ2) is 11.9. The summed E-state index contributed by atoms with van der Waals surface area (Å²) in [7, 11) is 0. The van der Waals surface area contributed by atoms with E-state index >= 15 is 0 Å². The highest BCUT2D eigenvalue weighted by Gasteiger charge is 2.45. The first-order chi connectivity index (χ1) is 17.9. The van der Waals surface area contributed by atoms with Crippen LogP contribution in [-0.2, 0) is 9.59 Å². The Balaban J connectivity index is 1.53. The molecule has 1 heterocycles. The van der Waals surface area contributed by atoms with Crippen molar-refractivity contribution in [3.63, 3.8) is 0 Å². The molecule has 1 fully saturated rings. The van der Waals surface area contributed by atoms with Crippen LogP contribution in [0.15, 0.2) is 78.9 Å². The number of nitrogens with zero attached hydrogens (tertiary/aromatic N) is 2. The Hall–Kier alpha value is -3.95. The molecule has 37 heavy (non-hydrogen) atoms. The highest BCUT2D eigenvalue weighted by atomic mass is 35.5. The molecule has 4 rings (SSSR count). The number of hydrazine groups is 1. The molecule has 0 bridgehead atoms. The molecule has 10 heteroatoms. The molecule has 0 spiro atoms. The van der Waals surface area contributed by atoms with Crippen LogP contribution < -0.4 is 20.4 Å². The Labute approximate surface area is 225 Å². The molecule has 0 aromatic heterocycles. The van der Waals surface area contributed by atoms with Gasteiger partial charge in [0.2, 0.25) is 11.0 Å². The van der Waals surface area contributed by atoms with E-state index in [2.05, 4.69) is 10.7 Å². The lowest BCUT2D eigenvalue weighted by molar-refractivity contribution is -0.124. The summed E-state index contributed by atoms with van der Waals surface area (Å²) in [6.45, 7) is 2.62. The lowest BCUT2D eigenvalue weighted by atomic mass is 10.1. The molecular formula is C27H25ClN4O4S. The van der Waals surface area contributed by atoms with Crippen molar-refractivity contribution in [2.24, 2.45) is 0 Å². The highest BCUT2D eigenvalue weighted by Crippen LogP contribution is 2.28. The van der Waals surface area contributed by atoms with Crippen molar-refractivity contribution in [1.82, 2.24) is 10.4 Å². The van der Waals surface area contributed by atoms with Gasteiger partial charge in [0.1, 0.15) is 11.8 Å². The number of rotatable bonds is 9. The van der Waals surface area contributed by atoms with Crippen molar-refractivity contribution in [1.29, 1.82) is 0 Å². The molecule has 0 aliphatic carbocycles. The van der Waals surface area contributed by atoms with E-state index in [9.17, 15) is 14.4 Å². The standard InChI is InChI=1S/C27H25ClN4O4S/c1-2-16-36-22-14-10-20(11-15-22)29-24(33)17-23-26(35)31(21-12-8-19(28)9-13-21)27(37)32(23)30-25(34)18-6-4-3-5-7-18/h3-15,23H,2,16-17H2,1H3,(H,29,33)(H,30,34). The third kappa shape index (κ3) is 6.25. The number of nitrogens with one attached hydrogen (secondary N) is 2. The maximum atomic E-state index is 13.5. The van der Waals surface area contributed by atoms with Crippen LogP contribution in [0.2, 0.25) is 5.02 Å². The van der Waals surface area contributed by atoms with E-state index in [0.717, 1.165) is 6.42 Å². The third-order valence-corrected chi connectivity index (χ3v) is 6.18. The predicted octanol–water partition coefficient (Wildman–Crippen LogP) is 4.80. The van der Waals surface area contributed by atoms with Gasteiger partial charge >= 0.3 is 0 Å². The summed E-state index contributed by atoms with van der Waals surface area (Å²) in [6, 6.07) is 21.0. The summed E-state index contributed by atoms with van der Waals surface area (Å²) < 4.78 is 5.56. The fourth-order valence-electron chi connectivity index (χ4n) is 3.73. The Morgan fingerprint density at radius 2 is 1.68 bits per heavy atom.